The number of ether oxygens (including phenoxy) is 1. The van der Waals surface area contributed by atoms with Crippen LogP contribution in [0.25, 0.3) is 0 Å². The molecule has 0 radical (unpaired) electrons. The lowest BCUT2D eigenvalue weighted by Crippen LogP contribution is -2.46. The van der Waals surface area contributed by atoms with Crippen LogP contribution in [0.5, 0.6) is 5.75 Å². The van der Waals surface area contributed by atoms with Gasteiger partial charge in [-0.05, 0) is 0 Å². The van der Waals surface area contributed by atoms with E-state index in [9.17, 15) is 13.6 Å². The minimum Gasteiger partial charge on any atom is -0.493 e. The summed E-state index contributed by atoms with van der Waals surface area (Å²) in [6.07, 6.45) is 0.206. The number of piperazine rings is 1. The third-order valence-corrected chi connectivity index (χ3v) is 2.89. The molecule has 0 aromatic heterocycles. The highest BCUT2D eigenvalue weighted by Crippen LogP contribution is 2.15. The molecular formula is C13H16F2N2O2. The fourth-order valence-corrected chi connectivity index (χ4v) is 1.94. The number of hydrogen-bond acceptors (Lipinski definition) is 3. The minimum absolute atomic E-state index is 0.00150. The molecule has 0 atom stereocenters. The van der Waals surface area contributed by atoms with Gasteiger partial charge in [0, 0.05) is 44.4 Å². The number of halogens is 2. The molecule has 1 saturated heterocycles. The zero-order chi connectivity index (χ0) is 13.7. The molecule has 0 saturated carbocycles. The SMILES string of the molecule is O=C(CCOc1cc(F)cc(F)c1)N1CCNCC1. The number of nitrogens with zero attached hydrogens (tertiary/aromatic N) is 1. The Labute approximate surface area is 110 Å². The van der Waals surface area contributed by atoms with Crippen molar-refractivity contribution in [2.24, 2.45) is 0 Å². The van der Waals surface area contributed by atoms with Crippen LogP contribution >= 0.6 is 0 Å². The van der Waals surface area contributed by atoms with Crippen molar-refractivity contribution >= 4 is 5.91 Å². The van der Waals surface area contributed by atoms with Gasteiger partial charge in [-0.2, -0.15) is 0 Å². The molecule has 1 aromatic carbocycles. The second-order valence-corrected chi connectivity index (χ2v) is 4.33. The van der Waals surface area contributed by atoms with Crippen LogP contribution in [0.4, 0.5) is 8.78 Å². The van der Waals surface area contributed by atoms with E-state index in [1.165, 1.54) is 0 Å². The van der Waals surface area contributed by atoms with E-state index in [0.717, 1.165) is 31.3 Å². The molecule has 1 aromatic rings. The number of carbonyl (C=O) groups is 1. The molecule has 19 heavy (non-hydrogen) atoms. The fraction of sp³-hybridized carbons (Fsp3) is 0.462. The Morgan fingerprint density at radius 2 is 1.84 bits per heavy atom. The highest BCUT2D eigenvalue weighted by molar-refractivity contribution is 5.76. The van der Waals surface area contributed by atoms with Gasteiger partial charge in [0.15, 0.2) is 0 Å². The molecule has 1 N–H and O–H groups in total. The molecule has 0 unspecified atom stereocenters. The van der Waals surface area contributed by atoms with Crippen molar-refractivity contribution in [1.82, 2.24) is 10.2 Å². The van der Waals surface area contributed by atoms with Crippen LogP contribution in [0.15, 0.2) is 18.2 Å². The van der Waals surface area contributed by atoms with Crippen molar-refractivity contribution in [3.63, 3.8) is 0 Å². The third kappa shape index (κ3) is 4.17. The molecule has 0 bridgehead atoms. The quantitative estimate of drug-likeness (QED) is 0.893. The predicted molar refractivity (Wildman–Crippen MR) is 65.9 cm³/mol. The Morgan fingerprint density at radius 3 is 2.47 bits per heavy atom. The number of amides is 1. The van der Waals surface area contributed by atoms with E-state index in [1.807, 2.05) is 0 Å². The molecule has 1 heterocycles. The topological polar surface area (TPSA) is 41.6 Å². The summed E-state index contributed by atoms with van der Waals surface area (Å²) in [6.45, 7) is 3.08. The summed E-state index contributed by atoms with van der Waals surface area (Å²) in [7, 11) is 0. The molecule has 104 valence electrons. The van der Waals surface area contributed by atoms with Crippen LogP contribution in [0.1, 0.15) is 6.42 Å². The molecule has 2 rings (SSSR count). The van der Waals surface area contributed by atoms with Crippen molar-refractivity contribution in [1.29, 1.82) is 0 Å². The third-order valence-electron chi connectivity index (χ3n) is 2.89. The van der Waals surface area contributed by atoms with Crippen molar-refractivity contribution < 1.29 is 18.3 Å². The maximum Gasteiger partial charge on any atom is 0.226 e. The van der Waals surface area contributed by atoms with E-state index >= 15 is 0 Å². The van der Waals surface area contributed by atoms with Gasteiger partial charge in [-0.25, -0.2) is 8.78 Å². The largest absolute Gasteiger partial charge is 0.493 e. The molecule has 6 heteroatoms. The Balaban J connectivity index is 1.77. The maximum atomic E-state index is 12.9. The molecule has 1 amide bonds. The molecule has 1 aliphatic rings. The number of carbonyl (C=O) groups excluding carboxylic acids is 1. The van der Waals surface area contributed by atoms with E-state index in [0.29, 0.717) is 13.1 Å². The van der Waals surface area contributed by atoms with Crippen LogP contribution in [0.3, 0.4) is 0 Å². The van der Waals surface area contributed by atoms with E-state index in [-0.39, 0.29) is 24.7 Å². The van der Waals surface area contributed by atoms with E-state index < -0.39 is 11.6 Å². The van der Waals surface area contributed by atoms with Gasteiger partial charge in [-0.15, -0.1) is 0 Å². The van der Waals surface area contributed by atoms with Gasteiger partial charge in [0.25, 0.3) is 0 Å². The highest BCUT2D eigenvalue weighted by Gasteiger charge is 2.15. The first-order chi connectivity index (χ1) is 9.15. The predicted octanol–water partition coefficient (Wildman–Crippen LogP) is 1.17. The second kappa shape index (κ2) is 6.47. The van der Waals surface area contributed by atoms with Gasteiger partial charge in [0.05, 0.1) is 13.0 Å². The van der Waals surface area contributed by atoms with Crippen LogP contribution in [-0.4, -0.2) is 43.6 Å². The summed E-state index contributed by atoms with van der Waals surface area (Å²) in [5.41, 5.74) is 0. The Bertz CT molecular complexity index is 428. The lowest BCUT2D eigenvalue weighted by molar-refractivity contribution is -0.132. The van der Waals surface area contributed by atoms with Crippen LogP contribution < -0.4 is 10.1 Å². The summed E-state index contributed by atoms with van der Waals surface area (Å²) in [5.74, 6) is -1.28. The van der Waals surface area contributed by atoms with Crippen LogP contribution in [-0.2, 0) is 4.79 Å². The first kappa shape index (κ1) is 13.7. The smallest absolute Gasteiger partial charge is 0.226 e. The number of rotatable bonds is 4. The van der Waals surface area contributed by atoms with E-state index in [2.05, 4.69) is 5.32 Å². The van der Waals surface area contributed by atoms with Gasteiger partial charge < -0.3 is 15.0 Å². The number of hydrogen-bond donors (Lipinski definition) is 1. The fourth-order valence-electron chi connectivity index (χ4n) is 1.94. The molecule has 4 nitrogen and oxygen atoms in total. The van der Waals surface area contributed by atoms with Gasteiger partial charge in [-0.3, -0.25) is 4.79 Å². The van der Waals surface area contributed by atoms with Crippen LogP contribution in [0.2, 0.25) is 0 Å². The average Bonchev–Trinajstić information content (AvgIpc) is 2.38. The zero-order valence-electron chi connectivity index (χ0n) is 10.5. The van der Waals surface area contributed by atoms with Gasteiger partial charge in [0.1, 0.15) is 17.4 Å². The van der Waals surface area contributed by atoms with Crippen molar-refractivity contribution in [2.75, 3.05) is 32.8 Å². The van der Waals surface area contributed by atoms with Crippen molar-refractivity contribution in [3.8, 4) is 5.75 Å². The second-order valence-electron chi connectivity index (χ2n) is 4.33. The van der Waals surface area contributed by atoms with Gasteiger partial charge in [0.2, 0.25) is 5.91 Å². The monoisotopic (exact) mass is 270 g/mol. The molecule has 1 fully saturated rings. The minimum atomic E-state index is -0.691. The molecule has 0 spiro atoms. The standard InChI is InChI=1S/C13H16F2N2O2/c14-10-7-11(15)9-12(8-10)19-6-1-13(18)17-4-2-16-3-5-17/h7-9,16H,1-6H2. The lowest BCUT2D eigenvalue weighted by atomic mass is 10.3. The van der Waals surface area contributed by atoms with Gasteiger partial charge in [-0.1, -0.05) is 0 Å². The summed E-state index contributed by atoms with van der Waals surface area (Å²) in [6, 6.07) is 2.97. The molecular weight excluding hydrogens is 254 g/mol. The molecule has 0 aliphatic carbocycles. The average molecular weight is 270 g/mol. The zero-order valence-corrected chi connectivity index (χ0v) is 10.5. The summed E-state index contributed by atoms with van der Waals surface area (Å²) >= 11 is 0. The lowest BCUT2D eigenvalue weighted by Gasteiger charge is -2.27. The summed E-state index contributed by atoms with van der Waals surface area (Å²) in [4.78, 5) is 13.5. The van der Waals surface area contributed by atoms with E-state index in [4.69, 9.17) is 4.74 Å². The Kier molecular flexibility index (Phi) is 4.68. The van der Waals surface area contributed by atoms with Gasteiger partial charge >= 0.3 is 0 Å². The Morgan fingerprint density at radius 1 is 1.21 bits per heavy atom. The number of benzene rings is 1. The Hall–Kier alpha value is -1.69. The first-order valence-corrected chi connectivity index (χ1v) is 6.22. The van der Waals surface area contributed by atoms with Crippen molar-refractivity contribution in [3.05, 3.63) is 29.8 Å². The summed E-state index contributed by atoms with van der Waals surface area (Å²) < 4.78 is 31.0. The molecule has 1 aliphatic heterocycles. The van der Waals surface area contributed by atoms with Crippen LogP contribution in [0, 0.1) is 11.6 Å². The normalized spacial score (nSPS) is 15.4. The maximum absolute atomic E-state index is 12.9. The van der Waals surface area contributed by atoms with E-state index in [1.54, 1.807) is 4.90 Å². The summed E-state index contributed by atoms with van der Waals surface area (Å²) in [5, 5.41) is 3.16. The van der Waals surface area contributed by atoms with Crippen molar-refractivity contribution in [2.45, 2.75) is 6.42 Å². The first-order valence-electron chi connectivity index (χ1n) is 6.22. The highest BCUT2D eigenvalue weighted by atomic mass is 19.1. The number of nitrogens with one attached hydrogen (secondary N) is 1.